The number of carbonyl (C=O) groups is 1. The fourth-order valence-corrected chi connectivity index (χ4v) is 3.81. The molecular formula is C22H22N6O3. The number of imidazole rings is 1. The van der Waals surface area contributed by atoms with Gasteiger partial charge in [0.2, 0.25) is 0 Å². The summed E-state index contributed by atoms with van der Waals surface area (Å²) in [6.45, 7) is 1.78. The van der Waals surface area contributed by atoms with Crippen molar-refractivity contribution in [1.82, 2.24) is 29.6 Å². The van der Waals surface area contributed by atoms with Gasteiger partial charge in [0, 0.05) is 44.8 Å². The molecule has 0 unspecified atom stereocenters. The van der Waals surface area contributed by atoms with Crippen LogP contribution in [-0.4, -0.2) is 55.7 Å². The summed E-state index contributed by atoms with van der Waals surface area (Å²) in [6, 6.07) is 9.50. The smallest absolute Gasteiger partial charge is 0.255 e. The second kappa shape index (κ2) is 8.27. The van der Waals surface area contributed by atoms with Crippen LogP contribution in [-0.2, 0) is 11.3 Å². The first kappa shape index (κ1) is 19.4. The molecule has 31 heavy (non-hydrogen) atoms. The minimum absolute atomic E-state index is 0.161. The summed E-state index contributed by atoms with van der Waals surface area (Å²) in [5.41, 5.74) is 3.35. The number of hydrogen-bond acceptors (Lipinski definition) is 7. The molecule has 9 nitrogen and oxygen atoms in total. The first-order chi connectivity index (χ1) is 15.2. The molecule has 1 fully saturated rings. The van der Waals surface area contributed by atoms with Gasteiger partial charge in [-0.3, -0.25) is 9.78 Å². The van der Waals surface area contributed by atoms with Crippen molar-refractivity contribution in [3.8, 4) is 11.4 Å². The first-order valence-electron chi connectivity index (χ1n) is 10.2. The molecule has 4 aromatic rings. The van der Waals surface area contributed by atoms with E-state index < -0.39 is 0 Å². The lowest BCUT2D eigenvalue weighted by atomic mass is 10.1. The van der Waals surface area contributed by atoms with Gasteiger partial charge in [-0.1, -0.05) is 11.2 Å². The van der Waals surface area contributed by atoms with Crippen molar-refractivity contribution in [2.75, 3.05) is 20.3 Å². The molecule has 0 spiro atoms. The normalized spacial score (nSPS) is 14.7. The topological polar surface area (TPSA) is 99.2 Å². The molecule has 0 aliphatic carbocycles. The van der Waals surface area contributed by atoms with Crippen LogP contribution < -0.4 is 0 Å². The summed E-state index contributed by atoms with van der Waals surface area (Å²) in [5.74, 6) is 0.417. The van der Waals surface area contributed by atoms with E-state index in [2.05, 4.69) is 24.7 Å². The minimum atomic E-state index is -0.161. The fourth-order valence-electron chi connectivity index (χ4n) is 3.81. The Morgan fingerprint density at radius 3 is 2.84 bits per heavy atom. The number of fused-ring (bicyclic) bond motifs is 1. The van der Waals surface area contributed by atoms with E-state index in [1.165, 1.54) is 0 Å². The van der Waals surface area contributed by atoms with Gasteiger partial charge >= 0.3 is 0 Å². The van der Waals surface area contributed by atoms with Crippen LogP contribution in [0.5, 0.6) is 0 Å². The third kappa shape index (κ3) is 3.91. The van der Waals surface area contributed by atoms with Gasteiger partial charge in [-0.25, -0.2) is 9.97 Å². The number of hydrogen-bond donors (Lipinski definition) is 0. The highest BCUT2D eigenvalue weighted by Crippen LogP contribution is 2.25. The highest BCUT2D eigenvalue weighted by Gasteiger charge is 2.21. The van der Waals surface area contributed by atoms with Gasteiger partial charge < -0.3 is 18.7 Å². The van der Waals surface area contributed by atoms with Crippen molar-refractivity contribution >= 4 is 17.1 Å². The van der Waals surface area contributed by atoms with Crippen molar-refractivity contribution < 1.29 is 14.1 Å². The van der Waals surface area contributed by atoms with E-state index in [-0.39, 0.29) is 12.5 Å². The van der Waals surface area contributed by atoms with E-state index >= 15 is 0 Å². The van der Waals surface area contributed by atoms with E-state index in [4.69, 9.17) is 9.26 Å². The summed E-state index contributed by atoms with van der Waals surface area (Å²) < 4.78 is 12.9. The van der Waals surface area contributed by atoms with Crippen LogP contribution in [0.25, 0.3) is 22.6 Å². The van der Waals surface area contributed by atoms with Gasteiger partial charge in [0.15, 0.2) is 11.4 Å². The summed E-state index contributed by atoms with van der Waals surface area (Å²) in [6.07, 6.45) is 6.99. The summed E-state index contributed by atoms with van der Waals surface area (Å²) >= 11 is 0. The van der Waals surface area contributed by atoms with Crippen LogP contribution in [0.3, 0.4) is 0 Å². The average molecular weight is 418 g/mol. The number of aromatic nitrogens is 5. The predicted octanol–water partition coefficient (Wildman–Crippen LogP) is 3.11. The molecule has 9 heteroatoms. The molecular weight excluding hydrogens is 396 g/mol. The molecule has 0 N–H and O–H groups in total. The Labute approximate surface area is 178 Å². The predicted molar refractivity (Wildman–Crippen MR) is 112 cm³/mol. The van der Waals surface area contributed by atoms with Gasteiger partial charge in [0.25, 0.3) is 5.91 Å². The zero-order valence-corrected chi connectivity index (χ0v) is 17.1. The third-order valence-corrected chi connectivity index (χ3v) is 5.47. The van der Waals surface area contributed by atoms with Crippen LogP contribution in [0.1, 0.15) is 35.0 Å². The van der Waals surface area contributed by atoms with Crippen molar-refractivity contribution in [2.45, 2.75) is 25.4 Å². The molecule has 0 saturated carbocycles. The molecule has 5 rings (SSSR count). The Morgan fingerprint density at radius 1 is 1.16 bits per heavy atom. The largest absolute Gasteiger partial charge is 0.381 e. The standard InChI is InChI=1S/C22H22N6O3/c1-27(13-17-11-19(26-31-17)18-4-2-3-7-23-18)22(29)15-10-20-21(24-12-15)28(14-25-20)16-5-8-30-9-6-16/h2-4,7,10-12,14,16H,5-6,8-9,13H2,1H3. The number of rotatable bonds is 5. The van der Waals surface area contributed by atoms with E-state index in [0.717, 1.165) is 37.4 Å². The average Bonchev–Trinajstić information content (AvgIpc) is 3.46. The molecule has 0 atom stereocenters. The van der Waals surface area contributed by atoms with Gasteiger partial charge in [-0.05, 0) is 31.0 Å². The van der Waals surface area contributed by atoms with E-state index in [1.54, 1.807) is 42.8 Å². The van der Waals surface area contributed by atoms with Crippen molar-refractivity contribution in [2.24, 2.45) is 0 Å². The second-order valence-corrected chi connectivity index (χ2v) is 7.62. The number of pyridine rings is 2. The van der Waals surface area contributed by atoms with Gasteiger partial charge in [-0.15, -0.1) is 0 Å². The van der Waals surface area contributed by atoms with Gasteiger partial charge in [0.1, 0.15) is 11.2 Å². The summed E-state index contributed by atoms with van der Waals surface area (Å²) in [4.78, 5) is 27.8. The molecule has 1 amide bonds. The van der Waals surface area contributed by atoms with Crippen molar-refractivity contribution in [3.05, 3.63) is 60.4 Å². The van der Waals surface area contributed by atoms with Crippen LogP contribution in [0.2, 0.25) is 0 Å². The van der Waals surface area contributed by atoms with Crippen LogP contribution in [0.15, 0.2) is 53.6 Å². The molecule has 0 bridgehead atoms. The number of carbonyl (C=O) groups excluding carboxylic acids is 1. The van der Waals surface area contributed by atoms with Crippen LogP contribution in [0.4, 0.5) is 0 Å². The van der Waals surface area contributed by atoms with E-state index in [0.29, 0.717) is 28.6 Å². The molecule has 5 heterocycles. The first-order valence-corrected chi connectivity index (χ1v) is 10.2. The molecule has 1 aliphatic heterocycles. The highest BCUT2D eigenvalue weighted by molar-refractivity contribution is 5.96. The van der Waals surface area contributed by atoms with Gasteiger partial charge in [0.05, 0.1) is 24.1 Å². The fraction of sp³-hybridized carbons (Fsp3) is 0.318. The molecule has 1 aliphatic rings. The Balaban J connectivity index is 1.31. The summed E-state index contributed by atoms with van der Waals surface area (Å²) in [7, 11) is 1.72. The monoisotopic (exact) mass is 418 g/mol. The minimum Gasteiger partial charge on any atom is -0.381 e. The zero-order chi connectivity index (χ0) is 21.2. The van der Waals surface area contributed by atoms with Gasteiger partial charge in [-0.2, -0.15) is 0 Å². The lowest BCUT2D eigenvalue weighted by Crippen LogP contribution is -2.26. The maximum atomic E-state index is 12.9. The number of amides is 1. The SMILES string of the molecule is CN(Cc1cc(-c2ccccn2)no1)C(=O)c1cnc2c(c1)ncn2C1CCOCC1. The maximum Gasteiger partial charge on any atom is 0.255 e. The molecule has 158 valence electrons. The second-order valence-electron chi connectivity index (χ2n) is 7.62. The molecule has 4 aromatic heterocycles. The number of ether oxygens (including phenoxy) is 1. The highest BCUT2D eigenvalue weighted by atomic mass is 16.5. The van der Waals surface area contributed by atoms with Crippen LogP contribution in [0, 0.1) is 0 Å². The lowest BCUT2D eigenvalue weighted by molar-refractivity contribution is 0.0704. The van der Waals surface area contributed by atoms with E-state index in [1.807, 2.05) is 18.2 Å². The number of nitrogens with zero attached hydrogens (tertiary/aromatic N) is 6. The molecule has 0 aromatic carbocycles. The quantitative estimate of drug-likeness (QED) is 0.491. The van der Waals surface area contributed by atoms with Crippen molar-refractivity contribution in [1.29, 1.82) is 0 Å². The van der Waals surface area contributed by atoms with Crippen molar-refractivity contribution in [3.63, 3.8) is 0 Å². The Bertz CT molecular complexity index is 1200. The third-order valence-electron chi connectivity index (χ3n) is 5.47. The zero-order valence-electron chi connectivity index (χ0n) is 17.1. The van der Waals surface area contributed by atoms with E-state index in [9.17, 15) is 4.79 Å². The molecule has 0 radical (unpaired) electrons. The Hall–Kier alpha value is -3.59. The Kier molecular flexibility index (Phi) is 5.17. The maximum absolute atomic E-state index is 12.9. The molecule has 1 saturated heterocycles. The Morgan fingerprint density at radius 2 is 2.03 bits per heavy atom. The van der Waals surface area contributed by atoms with Crippen LogP contribution >= 0.6 is 0 Å². The lowest BCUT2D eigenvalue weighted by Gasteiger charge is -2.23. The summed E-state index contributed by atoms with van der Waals surface area (Å²) in [5, 5.41) is 4.05.